The minimum absolute atomic E-state index is 0.0907. The highest BCUT2D eigenvalue weighted by molar-refractivity contribution is 5.94. The smallest absolute Gasteiger partial charge is 0.251 e. The fourth-order valence-corrected chi connectivity index (χ4v) is 4.04. The minimum atomic E-state index is -0.211. The topological polar surface area (TPSA) is 85.5 Å². The van der Waals surface area contributed by atoms with Crippen molar-refractivity contribution in [2.24, 2.45) is 0 Å². The molecular formula is C24H26N4O3. The Morgan fingerprint density at radius 2 is 1.61 bits per heavy atom. The highest BCUT2D eigenvalue weighted by Crippen LogP contribution is 2.24. The summed E-state index contributed by atoms with van der Waals surface area (Å²) in [5.74, 6) is -0.459. The second-order valence-corrected chi connectivity index (χ2v) is 7.71. The van der Waals surface area contributed by atoms with Crippen LogP contribution in [0.5, 0.6) is 0 Å². The lowest BCUT2D eigenvalue weighted by atomic mass is 10.1. The van der Waals surface area contributed by atoms with Crippen LogP contribution in [0.4, 0.5) is 0 Å². The molecule has 1 saturated heterocycles. The molecule has 0 radical (unpaired) electrons. The molecular weight excluding hydrogens is 392 g/mol. The first kappa shape index (κ1) is 20.7. The number of carbonyl (C=O) groups is 3. The molecule has 160 valence electrons. The Morgan fingerprint density at radius 1 is 0.935 bits per heavy atom. The third-order valence-corrected chi connectivity index (χ3v) is 5.62. The summed E-state index contributed by atoms with van der Waals surface area (Å²) in [5, 5.41) is 6.89. The Labute approximate surface area is 181 Å². The van der Waals surface area contributed by atoms with E-state index in [1.165, 1.54) is 5.01 Å². The summed E-state index contributed by atoms with van der Waals surface area (Å²) >= 11 is 0. The van der Waals surface area contributed by atoms with Crippen molar-refractivity contribution in [1.29, 1.82) is 0 Å². The van der Waals surface area contributed by atoms with Gasteiger partial charge in [-0.25, -0.2) is 0 Å². The van der Waals surface area contributed by atoms with E-state index in [1.807, 2.05) is 37.3 Å². The quantitative estimate of drug-likeness (QED) is 0.646. The summed E-state index contributed by atoms with van der Waals surface area (Å²) < 4.78 is 0. The fourth-order valence-electron chi connectivity index (χ4n) is 4.04. The van der Waals surface area contributed by atoms with Crippen LogP contribution in [0.1, 0.15) is 34.5 Å². The van der Waals surface area contributed by atoms with E-state index in [2.05, 4.69) is 10.3 Å². The van der Waals surface area contributed by atoms with Crippen LogP contribution in [0.3, 0.4) is 0 Å². The summed E-state index contributed by atoms with van der Waals surface area (Å²) in [6.07, 6.45) is 1.14. The van der Waals surface area contributed by atoms with Crippen molar-refractivity contribution in [3.05, 3.63) is 71.4 Å². The van der Waals surface area contributed by atoms with E-state index in [0.29, 0.717) is 18.7 Å². The van der Waals surface area contributed by atoms with Crippen LogP contribution in [-0.4, -0.2) is 52.4 Å². The number of hydrogen-bond donors (Lipinski definition) is 2. The van der Waals surface area contributed by atoms with Crippen molar-refractivity contribution in [3.63, 3.8) is 0 Å². The van der Waals surface area contributed by atoms with Crippen LogP contribution in [0, 0.1) is 6.92 Å². The largest absolute Gasteiger partial charge is 0.358 e. The number of benzene rings is 2. The average molecular weight is 418 g/mol. The van der Waals surface area contributed by atoms with Gasteiger partial charge in [0.2, 0.25) is 11.8 Å². The number of nitrogens with one attached hydrogen (secondary N) is 2. The molecule has 0 atom stereocenters. The maximum Gasteiger partial charge on any atom is 0.251 e. The molecule has 0 saturated carbocycles. The number of hydrazine groups is 1. The molecule has 1 aromatic heterocycles. The first-order valence-corrected chi connectivity index (χ1v) is 10.5. The molecule has 2 aromatic carbocycles. The van der Waals surface area contributed by atoms with E-state index >= 15 is 0 Å². The van der Waals surface area contributed by atoms with Crippen molar-refractivity contribution in [1.82, 2.24) is 20.3 Å². The lowest BCUT2D eigenvalue weighted by Gasteiger charge is -2.28. The van der Waals surface area contributed by atoms with Gasteiger partial charge in [-0.15, -0.1) is 0 Å². The van der Waals surface area contributed by atoms with Crippen molar-refractivity contribution < 1.29 is 14.4 Å². The van der Waals surface area contributed by atoms with Crippen LogP contribution in [-0.2, 0) is 16.0 Å². The van der Waals surface area contributed by atoms with E-state index < -0.39 is 0 Å². The Morgan fingerprint density at radius 3 is 2.39 bits per heavy atom. The highest BCUT2D eigenvalue weighted by atomic mass is 16.2. The maximum absolute atomic E-state index is 13.0. The molecule has 0 spiro atoms. The second-order valence-electron chi connectivity index (χ2n) is 7.71. The van der Waals surface area contributed by atoms with Crippen LogP contribution in [0.25, 0.3) is 10.9 Å². The van der Waals surface area contributed by atoms with Crippen LogP contribution in [0.15, 0.2) is 54.6 Å². The molecule has 2 N–H and O–H groups in total. The average Bonchev–Trinajstić information content (AvgIpc) is 3.39. The molecule has 2 heterocycles. The number of carbonyl (C=O) groups excluding carboxylic acids is 3. The fraction of sp³-hybridized carbons (Fsp3) is 0.292. The van der Waals surface area contributed by atoms with Gasteiger partial charge in [0.05, 0.1) is 6.42 Å². The molecule has 4 rings (SSSR count). The Hall–Kier alpha value is -3.61. The Balaban J connectivity index is 1.35. The van der Waals surface area contributed by atoms with E-state index in [9.17, 15) is 14.4 Å². The third kappa shape index (κ3) is 4.45. The van der Waals surface area contributed by atoms with Crippen molar-refractivity contribution in [2.45, 2.75) is 26.2 Å². The minimum Gasteiger partial charge on any atom is -0.358 e. The zero-order valence-corrected chi connectivity index (χ0v) is 17.6. The Kier molecular flexibility index (Phi) is 6.02. The highest BCUT2D eigenvalue weighted by Gasteiger charge is 2.31. The predicted octanol–water partition coefficient (Wildman–Crippen LogP) is 2.81. The molecule has 0 aliphatic carbocycles. The molecule has 7 nitrogen and oxygen atoms in total. The number of hydrogen-bond acceptors (Lipinski definition) is 3. The van der Waals surface area contributed by atoms with Gasteiger partial charge >= 0.3 is 0 Å². The number of nitrogens with zero attached hydrogens (tertiary/aromatic N) is 2. The van der Waals surface area contributed by atoms with E-state index in [4.69, 9.17) is 0 Å². The SMILES string of the molecule is Cc1[nH]c2ccccc2c1CC(=O)N1CCCN1C(=O)CCNC(=O)c1ccccc1. The summed E-state index contributed by atoms with van der Waals surface area (Å²) in [6, 6.07) is 16.8. The standard InChI is InChI=1S/C24H26N4O3/c1-17-20(19-10-5-6-11-21(19)26-17)16-23(30)28-15-7-14-27(28)22(29)12-13-25-24(31)18-8-3-2-4-9-18/h2-6,8-11,26H,7,12-16H2,1H3,(H,25,31). The van der Waals surface area contributed by atoms with Crippen LogP contribution >= 0.6 is 0 Å². The van der Waals surface area contributed by atoms with Gasteiger partial charge in [0, 0.05) is 48.2 Å². The van der Waals surface area contributed by atoms with Gasteiger partial charge in [-0.05, 0) is 37.1 Å². The van der Waals surface area contributed by atoms with Crippen molar-refractivity contribution in [2.75, 3.05) is 19.6 Å². The summed E-state index contributed by atoms with van der Waals surface area (Å²) in [5.41, 5.74) is 3.50. The lowest BCUT2D eigenvalue weighted by Crippen LogP contribution is -2.46. The lowest BCUT2D eigenvalue weighted by molar-refractivity contribution is -0.157. The number of rotatable bonds is 6. The molecule has 1 aliphatic heterocycles. The molecule has 1 aliphatic rings. The third-order valence-electron chi connectivity index (χ3n) is 5.62. The molecule has 3 aromatic rings. The summed E-state index contributed by atoms with van der Waals surface area (Å²) in [7, 11) is 0. The molecule has 31 heavy (non-hydrogen) atoms. The van der Waals surface area contributed by atoms with Gasteiger partial charge in [-0.3, -0.25) is 24.4 Å². The summed E-state index contributed by atoms with van der Waals surface area (Å²) in [4.78, 5) is 41.2. The number of para-hydroxylation sites is 1. The maximum atomic E-state index is 13.0. The van der Waals surface area contributed by atoms with Gasteiger partial charge in [-0.2, -0.15) is 0 Å². The first-order chi connectivity index (χ1) is 15.0. The van der Waals surface area contributed by atoms with Gasteiger partial charge in [-0.1, -0.05) is 36.4 Å². The Bertz CT molecular complexity index is 1110. The number of fused-ring (bicyclic) bond motifs is 1. The van der Waals surface area contributed by atoms with Gasteiger partial charge in [0.25, 0.3) is 5.91 Å². The van der Waals surface area contributed by atoms with Gasteiger partial charge < -0.3 is 10.3 Å². The van der Waals surface area contributed by atoms with E-state index in [0.717, 1.165) is 28.6 Å². The molecule has 3 amide bonds. The van der Waals surface area contributed by atoms with Crippen molar-refractivity contribution >= 4 is 28.6 Å². The second kappa shape index (κ2) is 9.04. The summed E-state index contributed by atoms with van der Waals surface area (Å²) in [6.45, 7) is 3.24. The zero-order valence-electron chi connectivity index (χ0n) is 17.6. The normalized spacial score (nSPS) is 13.6. The zero-order chi connectivity index (χ0) is 21.8. The number of aromatic amines is 1. The van der Waals surface area contributed by atoms with Crippen LogP contribution < -0.4 is 5.32 Å². The van der Waals surface area contributed by atoms with Gasteiger partial charge in [0.1, 0.15) is 0 Å². The first-order valence-electron chi connectivity index (χ1n) is 10.5. The van der Waals surface area contributed by atoms with Crippen LogP contribution in [0.2, 0.25) is 0 Å². The molecule has 1 fully saturated rings. The number of aryl methyl sites for hydroxylation is 1. The van der Waals surface area contributed by atoms with E-state index in [-0.39, 0.29) is 37.1 Å². The number of H-pyrrole nitrogens is 1. The molecule has 7 heteroatoms. The molecule has 0 bridgehead atoms. The molecule has 0 unspecified atom stereocenters. The van der Waals surface area contributed by atoms with Gasteiger partial charge in [0.15, 0.2) is 0 Å². The number of aromatic nitrogens is 1. The van der Waals surface area contributed by atoms with Crippen molar-refractivity contribution in [3.8, 4) is 0 Å². The van der Waals surface area contributed by atoms with E-state index in [1.54, 1.807) is 29.3 Å². The monoisotopic (exact) mass is 418 g/mol. The predicted molar refractivity (Wildman–Crippen MR) is 118 cm³/mol. The number of amides is 3.